The van der Waals surface area contributed by atoms with E-state index in [1.807, 2.05) is 31.2 Å². The largest absolute Gasteiger partial charge is 0.233 e. The SMILES string of the molecule is Cc1nc(SCc2nnsc2Cl)c2ccccc2n1. The van der Waals surface area contributed by atoms with Crippen LogP contribution in [0, 0.1) is 6.92 Å². The zero-order valence-electron chi connectivity index (χ0n) is 10.00. The van der Waals surface area contributed by atoms with Gasteiger partial charge in [-0.25, -0.2) is 9.97 Å². The lowest BCUT2D eigenvalue weighted by atomic mass is 10.2. The molecule has 96 valence electrons. The number of rotatable bonds is 3. The molecule has 0 aliphatic heterocycles. The summed E-state index contributed by atoms with van der Waals surface area (Å²) in [4.78, 5) is 8.92. The molecule has 0 aliphatic carbocycles. The van der Waals surface area contributed by atoms with Crippen molar-refractivity contribution >= 4 is 45.8 Å². The minimum atomic E-state index is 0.641. The summed E-state index contributed by atoms with van der Waals surface area (Å²) in [5.41, 5.74) is 1.76. The Hall–Kier alpha value is -1.24. The third kappa shape index (κ3) is 2.70. The second-order valence-corrected chi connectivity index (χ2v) is 6.20. The monoisotopic (exact) mass is 308 g/mol. The van der Waals surface area contributed by atoms with Crippen LogP contribution in [-0.2, 0) is 5.75 Å². The smallest absolute Gasteiger partial charge is 0.138 e. The van der Waals surface area contributed by atoms with Crippen LogP contribution in [0.15, 0.2) is 29.3 Å². The highest BCUT2D eigenvalue weighted by Crippen LogP contribution is 2.30. The van der Waals surface area contributed by atoms with Crippen LogP contribution < -0.4 is 0 Å². The standard InChI is InChI=1S/C12H9ClN4S2/c1-7-14-9-5-3-2-4-8(9)12(15-7)18-6-10-11(13)19-17-16-10/h2-5H,6H2,1H3. The van der Waals surface area contributed by atoms with E-state index in [1.165, 1.54) is 11.5 Å². The van der Waals surface area contributed by atoms with Gasteiger partial charge in [0.15, 0.2) is 0 Å². The molecule has 3 rings (SSSR count). The molecule has 4 nitrogen and oxygen atoms in total. The summed E-state index contributed by atoms with van der Waals surface area (Å²) < 4.78 is 4.47. The van der Waals surface area contributed by atoms with E-state index in [0.717, 1.165) is 27.4 Å². The van der Waals surface area contributed by atoms with Gasteiger partial charge >= 0.3 is 0 Å². The molecule has 7 heteroatoms. The average Bonchev–Trinajstić information content (AvgIpc) is 2.81. The number of nitrogens with zero attached hydrogens (tertiary/aromatic N) is 4. The molecular weight excluding hydrogens is 300 g/mol. The Morgan fingerprint density at radius 2 is 2.11 bits per heavy atom. The summed E-state index contributed by atoms with van der Waals surface area (Å²) in [6, 6.07) is 7.98. The lowest BCUT2D eigenvalue weighted by Gasteiger charge is -2.05. The summed E-state index contributed by atoms with van der Waals surface area (Å²) in [5, 5.41) is 6.01. The maximum atomic E-state index is 6.00. The van der Waals surface area contributed by atoms with Crippen molar-refractivity contribution in [3.8, 4) is 0 Å². The Labute approximate surface area is 123 Å². The Morgan fingerprint density at radius 3 is 2.89 bits per heavy atom. The van der Waals surface area contributed by atoms with Gasteiger partial charge in [-0.1, -0.05) is 46.1 Å². The molecule has 0 N–H and O–H groups in total. The van der Waals surface area contributed by atoms with Crippen LogP contribution >= 0.6 is 34.9 Å². The van der Waals surface area contributed by atoms with Crippen LogP contribution in [0.2, 0.25) is 4.34 Å². The van der Waals surface area contributed by atoms with Crippen molar-refractivity contribution in [3.05, 3.63) is 40.1 Å². The Balaban J connectivity index is 1.94. The van der Waals surface area contributed by atoms with E-state index in [-0.39, 0.29) is 0 Å². The zero-order chi connectivity index (χ0) is 13.2. The number of para-hydroxylation sites is 1. The highest BCUT2D eigenvalue weighted by molar-refractivity contribution is 7.98. The number of fused-ring (bicyclic) bond motifs is 1. The van der Waals surface area contributed by atoms with E-state index in [0.29, 0.717) is 10.1 Å². The Kier molecular flexibility index (Phi) is 3.63. The van der Waals surface area contributed by atoms with E-state index in [2.05, 4.69) is 19.6 Å². The minimum Gasteiger partial charge on any atom is -0.233 e. The summed E-state index contributed by atoms with van der Waals surface area (Å²) in [6.07, 6.45) is 0. The van der Waals surface area contributed by atoms with Gasteiger partial charge in [-0.05, 0) is 13.0 Å². The van der Waals surface area contributed by atoms with Crippen molar-refractivity contribution in [2.75, 3.05) is 0 Å². The third-order valence-electron chi connectivity index (χ3n) is 2.54. The molecule has 0 bridgehead atoms. The first-order valence-corrected chi connectivity index (χ1v) is 7.70. The van der Waals surface area contributed by atoms with E-state index < -0.39 is 0 Å². The van der Waals surface area contributed by atoms with Gasteiger partial charge in [-0.2, -0.15) is 0 Å². The van der Waals surface area contributed by atoms with Crippen molar-refractivity contribution < 1.29 is 0 Å². The number of hydrogen-bond donors (Lipinski definition) is 0. The Morgan fingerprint density at radius 1 is 1.26 bits per heavy atom. The fraction of sp³-hybridized carbons (Fsp3) is 0.167. The van der Waals surface area contributed by atoms with E-state index in [4.69, 9.17) is 11.6 Å². The second kappa shape index (κ2) is 5.40. The molecule has 0 saturated heterocycles. The highest BCUT2D eigenvalue weighted by atomic mass is 35.5. The van der Waals surface area contributed by atoms with Crippen molar-refractivity contribution in [2.45, 2.75) is 17.7 Å². The quantitative estimate of drug-likeness (QED) is 0.545. The molecule has 0 saturated carbocycles. The first-order chi connectivity index (χ1) is 9.24. The summed E-state index contributed by atoms with van der Waals surface area (Å²) in [7, 11) is 0. The second-order valence-electron chi connectivity index (χ2n) is 3.88. The van der Waals surface area contributed by atoms with Gasteiger partial charge in [0, 0.05) is 22.7 Å². The summed E-state index contributed by atoms with van der Waals surface area (Å²) in [5.74, 6) is 1.43. The van der Waals surface area contributed by atoms with Gasteiger partial charge < -0.3 is 0 Å². The molecule has 3 aromatic rings. The molecule has 0 aliphatic rings. The number of aromatic nitrogens is 4. The van der Waals surface area contributed by atoms with Crippen molar-refractivity contribution in [1.29, 1.82) is 0 Å². The first kappa shape index (κ1) is 12.8. The van der Waals surface area contributed by atoms with E-state index in [1.54, 1.807) is 11.8 Å². The van der Waals surface area contributed by atoms with Crippen LogP contribution in [0.1, 0.15) is 11.5 Å². The van der Waals surface area contributed by atoms with Gasteiger partial charge in [0.2, 0.25) is 0 Å². The maximum Gasteiger partial charge on any atom is 0.138 e. The number of aryl methyl sites for hydroxylation is 1. The molecule has 19 heavy (non-hydrogen) atoms. The average molecular weight is 309 g/mol. The topological polar surface area (TPSA) is 51.6 Å². The number of hydrogen-bond acceptors (Lipinski definition) is 6. The molecule has 0 amide bonds. The predicted molar refractivity (Wildman–Crippen MR) is 78.8 cm³/mol. The van der Waals surface area contributed by atoms with Gasteiger partial charge in [0.1, 0.15) is 20.9 Å². The van der Waals surface area contributed by atoms with Crippen molar-refractivity contribution in [1.82, 2.24) is 19.6 Å². The van der Waals surface area contributed by atoms with Crippen LogP contribution in [0.25, 0.3) is 10.9 Å². The molecule has 0 spiro atoms. The van der Waals surface area contributed by atoms with Crippen LogP contribution in [-0.4, -0.2) is 19.6 Å². The summed E-state index contributed by atoms with van der Waals surface area (Å²) in [6.45, 7) is 1.90. The van der Waals surface area contributed by atoms with Gasteiger partial charge in [0.25, 0.3) is 0 Å². The molecule has 0 fully saturated rings. The van der Waals surface area contributed by atoms with Crippen molar-refractivity contribution in [2.24, 2.45) is 0 Å². The molecule has 2 heterocycles. The zero-order valence-corrected chi connectivity index (χ0v) is 12.4. The predicted octanol–water partition coefficient (Wildman–Crippen LogP) is 3.74. The lowest BCUT2D eigenvalue weighted by molar-refractivity contribution is 1.01. The maximum absolute atomic E-state index is 6.00. The number of thioether (sulfide) groups is 1. The van der Waals surface area contributed by atoms with E-state index >= 15 is 0 Å². The van der Waals surface area contributed by atoms with Crippen molar-refractivity contribution in [3.63, 3.8) is 0 Å². The normalized spacial score (nSPS) is 11.1. The first-order valence-electron chi connectivity index (χ1n) is 5.57. The highest BCUT2D eigenvalue weighted by Gasteiger charge is 2.10. The minimum absolute atomic E-state index is 0.641. The van der Waals surface area contributed by atoms with E-state index in [9.17, 15) is 0 Å². The fourth-order valence-electron chi connectivity index (χ4n) is 1.69. The molecule has 2 aromatic heterocycles. The van der Waals surface area contributed by atoms with Crippen LogP contribution in [0.3, 0.4) is 0 Å². The third-order valence-corrected chi connectivity index (χ3v) is 4.52. The number of benzene rings is 1. The number of halogens is 1. The van der Waals surface area contributed by atoms with Crippen LogP contribution in [0.4, 0.5) is 0 Å². The molecule has 0 radical (unpaired) electrons. The lowest BCUT2D eigenvalue weighted by Crippen LogP contribution is -1.93. The summed E-state index contributed by atoms with van der Waals surface area (Å²) >= 11 is 8.81. The molecule has 1 aromatic carbocycles. The van der Waals surface area contributed by atoms with Gasteiger partial charge in [-0.3, -0.25) is 0 Å². The van der Waals surface area contributed by atoms with Gasteiger partial charge in [0.05, 0.1) is 5.52 Å². The van der Waals surface area contributed by atoms with Gasteiger partial charge in [-0.15, -0.1) is 5.10 Å². The molecule has 0 atom stereocenters. The fourth-order valence-corrected chi connectivity index (χ4v) is 3.49. The molecular formula is C12H9ClN4S2. The molecule has 0 unspecified atom stereocenters. The Bertz CT molecular complexity index is 729. The van der Waals surface area contributed by atoms with Crippen LogP contribution in [0.5, 0.6) is 0 Å².